The van der Waals surface area contributed by atoms with Gasteiger partial charge in [0.1, 0.15) is 12.2 Å². The van der Waals surface area contributed by atoms with Gasteiger partial charge in [-0.1, -0.05) is 69.5 Å². The Balaban J connectivity index is 2.08. The molecule has 33 heavy (non-hydrogen) atoms. The summed E-state index contributed by atoms with van der Waals surface area (Å²) in [6.07, 6.45) is -2.94. The number of amides is 3. The van der Waals surface area contributed by atoms with Gasteiger partial charge < -0.3 is 19.5 Å². The van der Waals surface area contributed by atoms with Gasteiger partial charge in [0, 0.05) is 21.1 Å². The van der Waals surface area contributed by atoms with Crippen LogP contribution in [0.5, 0.6) is 0 Å². The molecule has 0 spiro atoms. The van der Waals surface area contributed by atoms with Gasteiger partial charge in [-0.15, -0.1) is 0 Å². The van der Waals surface area contributed by atoms with Crippen molar-refractivity contribution in [2.24, 2.45) is 0 Å². The Morgan fingerprint density at radius 2 is 1.52 bits per heavy atom. The summed E-state index contributed by atoms with van der Waals surface area (Å²) in [5, 5.41) is 2.57. The average molecular weight is 634 g/mol. The van der Waals surface area contributed by atoms with Crippen LogP contribution in [0.2, 0.25) is 0 Å². The number of hydrogen-bond donors (Lipinski definition) is 1. The minimum atomic E-state index is -2.30. The number of imide groups is 1. The number of benzene rings is 1. The standard InChI is InChI=1S/C20H20Cl3IN2O7/c1-8(27)33-14-12(25-19(30)20(21,22)23)11(24)13(15(31-2)16(14)32-3)26-17(28)9-6-4-5-7-10(9)18(26)29/h4-7,11-16H,1-3H3,(H,25,30)/t11?,12-,13+,14-,15+,16?/m0/s1. The van der Waals surface area contributed by atoms with Crippen LogP contribution in [0.25, 0.3) is 0 Å². The lowest BCUT2D eigenvalue weighted by Crippen LogP contribution is -2.72. The third kappa shape index (κ3) is 4.96. The molecule has 0 radical (unpaired) electrons. The Bertz CT molecular complexity index is 938. The molecule has 1 heterocycles. The molecule has 180 valence electrons. The van der Waals surface area contributed by atoms with E-state index in [1.165, 1.54) is 21.1 Å². The van der Waals surface area contributed by atoms with Gasteiger partial charge in [0.05, 0.1) is 27.1 Å². The summed E-state index contributed by atoms with van der Waals surface area (Å²) in [4.78, 5) is 51.9. The largest absolute Gasteiger partial charge is 0.457 e. The highest BCUT2D eigenvalue weighted by atomic mass is 127. The summed E-state index contributed by atoms with van der Waals surface area (Å²) >= 11 is 19.2. The molecule has 9 nitrogen and oxygen atoms in total. The molecule has 2 aliphatic rings. The molecule has 1 N–H and O–H groups in total. The molecule has 13 heteroatoms. The fourth-order valence-electron chi connectivity index (χ4n) is 4.20. The van der Waals surface area contributed by atoms with Crippen molar-refractivity contribution >= 4 is 81.1 Å². The van der Waals surface area contributed by atoms with Crippen LogP contribution in [0.1, 0.15) is 27.6 Å². The molecule has 1 aliphatic carbocycles. The molecule has 1 aromatic carbocycles. The molecule has 0 bridgehead atoms. The third-order valence-electron chi connectivity index (χ3n) is 5.53. The first-order valence-electron chi connectivity index (χ1n) is 9.65. The fraction of sp³-hybridized carbons (Fsp3) is 0.500. The number of ether oxygens (including phenoxy) is 3. The number of hydrogen-bond acceptors (Lipinski definition) is 7. The monoisotopic (exact) mass is 632 g/mol. The van der Waals surface area contributed by atoms with Crippen molar-refractivity contribution in [1.82, 2.24) is 10.2 Å². The molecular formula is C20H20Cl3IN2O7. The molecule has 1 aliphatic heterocycles. The Kier molecular flexibility index (Phi) is 8.17. The minimum absolute atomic E-state index is 0.249. The quantitative estimate of drug-likeness (QED) is 0.229. The molecule has 3 amide bonds. The number of esters is 1. The van der Waals surface area contributed by atoms with E-state index in [4.69, 9.17) is 49.0 Å². The predicted octanol–water partition coefficient (Wildman–Crippen LogP) is 2.29. The molecule has 6 atom stereocenters. The normalized spacial score (nSPS) is 29.6. The molecule has 1 fully saturated rings. The van der Waals surface area contributed by atoms with E-state index in [0.717, 1.165) is 4.90 Å². The van der Waals surface area contributed by atoms with Crippen molar-refractivity contribution in [3.63, 3.8) is 0 Å². The van der Waals surface area contributed by atoms with Crippen LogP contribution in [-0.4, -0.2) is 80.9 Å². The lowest BCUT2D eigenvalue weighted by Gasteiger charge is -2.50. The Morgan fingerprint density at radius 3 is 1.94 bits per heavy atom. The molecule has 2 unspecified atom stereocenters. The lowest BCUT2D eigenvalue weighted by atomic mass is 9.82. The zero-order valence-corrected chi connectivity index (χ0v) is 22.0. The number of carbonyl (C=O) groups excluding carboxylic acids is 4. The molecular weight excluding hydrogens is 613 g/mol. The van der Waals surface area contributed by atoms with Crippen LogP contribution in [0, 0.1) is 0 Å². The summed E-state index contributed by atoms with van der Waals surface area (Å²) < 4.78 is 13.7. The van der Waals surface area contributed by atoms with E-state index in [-0.39, 0.29) is 11.1 Å². The van der Waals surface area contributed by atoms with E-state index in [0.29, 0.717) is 0 Å². The average Bonchev–Trinajstić information content (AvgIpc) is 2.99. The van der Waals surface area contributed by atoms with Crippen LogP contribution in [0.15, 0.2) is 24.3 Å². The number of nitrogens with zero attached hydrogens (tertiary/aromatic N) is 1. The van der Waals surface area contributed by atoms with Gasteiger partial charge >= 0.3 is 5.97 Å². The van der Waals surface area contributed by atoms with E-state index in [2.05, 4.69) is 5.32 Å². The number of rotatable bonds is 5. The Hall–Kier alpha value is -1.18. The van der Waals surface area contributed by atoms with Crippen molar-refractivity contribution in [2.45, 2.75) is 45.0 Å². The summed E-state index contributed by atoms with van der Waals surface area (Å²) in [7, 11) is 2.74. The van der Waals surface area contributed by atoms with Crippen LogP contribution in [-0.2, 0) is 23.8 Å². The summed E-state index contributed by atoms with van der Waals surface area (Å²) in [5.41, 5.74) is 0.498. The number of methoxy groups -OCH3 is 2. The fourth-order valence-corrected chi connectivity index (χ4v) is 5.68. The molecule has 3 rings (SSSR count). The Morgan fingerprint density at radius 1 is 1.00 bits per heavy atom. The highest BCUT2D eigenvalue weighted by molar-refractivity contribution is 14.1. The van der Waals surface area contributed by atoms with Crippen molar-refractivity contribution in [3.05, 3.63) is 35.4 Å². The molecule has 1 aromatic rings. The van der Waals surface area contributed by atoms with Crippen LogP contribution in [0.4, 0.5) is 0 Å². The van der Waals surface area contributed by atoms with Crippen molar-refractivity contribution in [1.29, 1.82) is 0 Å². The summed E-state index contributed by atoms with van der Waals surface area (Å²) in [5.74, 6) is -2.65. The molecule has 0 aromatic heterocycles. The van der Waals surface area contributed by atoms with E-state index in [9.17, 15) is 19.2 Å². The second-order valence-corrected chi connectivity index (χ2v) is 11.2. The second kappa shape index (κ2) is 10.2. The highest BCUT2D eigenvalue weighted by Crippen LogP contribution is 2.39. The van der Waals surface area contributed by atoms with E-state index in [1.807, 2.05) is 22.6 Å². The second-order valence-electron chi connectivity index (χ2n) is 7.43. The molecule has 1 saturated carbocycles. The van der Waals surface area contributed by atoms with Crippen LogP contribution >= 0.6 is 57.4 Å². The summed E-state index contributed by atoms with van der Waals surface area (Å²) in [6.45, 7) is 1.20. The van der Waals surface area contributed by atoms with Crippen molar-refractivity contribution in [2.75, 3.05) is 14.2 Å². The lowest BCUT2D eigenvalue weighted by molar-refractivity contribution is -0.180. The number of fused-ring (bicyclic) bond motifs is 1. The van der Waals surface area contributed by atoms with Crippen LogP contribution < -0.4 is 5.32 Å². The van der Waals surface area contributed by atoms with Gasteiger partial charge in [-0.3, -0.25) is 24.1 Å². The van der Waals surface area contributed by atoms with Crippen molar-refractivity contribution in [3.8, 4) is 0 Å². The maximum Gasteiger partial charge on any atom is 0.303 e. The first kappa shape index (κ1) is 26.4. The molecule has 0 saturated heterocycles. The van der Waals surface area contributed by atoms with Crippen molar-refractivity contribution < 1.29 is 33.4 Å². The summed E-state index contributed by atoms with van der Waals surface area (Å²) in [6, 6.07) is 4.51. The zero-order valence-electron chi connectivity index (χ0n) is 17.6. The van der Waals surface area contributed by atoms with Crippen LogP contribution in [0.3, 0.4) is 0 Å². The number of carbonyl (C=O) groups is 4. The van der Waals surface area contributed by atoms with Gasteiger partial charge in [0.15, 0.2) is 6.10 Å². The van der Waals surface area contributed by atoms with Gasteiger partial charge in [-0.2, -0.15) is 0 Å². The van der Waals surface area contributed by atoms with Gasteiger partial charge in [0.25, 0.3) is 21.5 Å². The first-order chi connectivity index (χ1) is 15.4. The van der Waals surface area contributed by atoms with Gasteiger partial charge in [-0.25, -0.2) is 0 Å². The van der Waals surface area contributed by atoms with E-state index in [1.54, 1.807) is 24.3 Å². The van der Waals surface area contributed by atoms with Gasteiger partial charge in [0.2, 0.25) is 0 Å². The number of alkyl halides is 4. The first-order valence-corrected chi connectivity index (χ1v) is 12.0. The maximum absolute atomic E-state index is 13.2. The smallest absolute Gasteiger partial charge is 0.303 e. The minimum Gasteiger partial charge on any atom is -0.457 e. The zero-order chi connectivity index (χ0) is 24.7. The third-order valence-corrected chi connectivity index (χ3v) is 7.56. The Labute approximate surface area is 218 Å². The maximum atomic E-state index is 13.2. The SMILES string of the molecule is COC1[C@@H](OC(C)=O)[C@@H](NC(=O)C(Cl)(Cl)Cl)C(I)[C@@H](N2C(=O)c3ccccc3C2=O)[C@H]1OC. The van der Waals surface area contributed by atoms with E-state index >= 15 is 0 Å². The number of nitrogens with one attached hydrogen (secondary N) is 1. The highest BCUT2D eigenvalue weighted by Gasteiger charge is 2.58. The predicted molar refractivity (Wildman–Crippen MR) is 128 cm³/mol. The van der Waals surface area contributed by atoms with E-state index < -0.39 is 61.8 Å². The van der Waals surface area contributed by atoms with Gasteiger partial charge in [-0.05, 0) is 12.1 Å². The number of halogens is 4. The topological polar surface area (TPSA) is 111 Å².